The van der Waals surface area contributed by atoms with Gasteiger partial charge in [-0.25, -0.2) is 0 Å². The zero-order valence-electron chi connectivity index (χ0n) is 10.7. The highest BCUT2D eigenvalue weighted by atomic mass is 35.5. The first kappa shape index (κ1) is 14.8. The van der Waals surface area contributed by atoms with Gasteiger partial charge in [0, 0.05) is 0 Å². The van der Waals surface area contributed by atoms with Gasteiger partial charge in [0.25, 0.3) is 0 Å². The van der Waals surface area contributed by atoms with Crippen LogP contribution in [0.1, 0.15) is 31.4 Å². The van der Waals surface area contributed by atoms with E-state index >= 15 is 0 Å². The predicted molar refractivity (Wildman–Crippen MR) is 69.2 cm³/mol. The molecule has 0 bridgehead atoms. The molecular formula is C13H17ClO4. The fourth-order valence-electron chi connectivity index (χ4n) is 1.89. The third-order valence-corrected chi connectivity index (χ3v) is 2.95. The van der Waals surface area contributed by atoms with Gasteiger partial charge in [-0.05, 0) is 44.0 Å². The van der Waals surface area contributed by atoms with Crippen molar-refractivity contribution < 1.29 is 19.7 Å². The maximum absolute atomic E-state index is 10.7. The molecule has 1 aromatic carbocycles. The first-order valence-electron chi connectivity index (χ1n) is 5.65. The topological polar surface area (TPSA) is 66.8 Å². The largest absolute Gasteiger partial charge is 0.492 e. The molecule has 1 rings (SSSR count). The lowest BCUT2D eigenvalue weighted by Gasteiger charge is -2.24. The zero-order valence-corrected chi connectivity index (χ0v) is 11.4. The molecule has 18 heavy (non-hydrogen) atoms. The first-order valence-corrected chi connectivity index (χ1v) is 6.03. The molecule has 0 amide bonds. The Morgan fingerprint density at radius 2 is 2.11 bits per heavy atom. The van der Waals surface area contributed by atoms with E-state index in [2.05, 4.69) is 0 Å². The Morgan fingerprint density at radius 1 is 1.50 bits per heavy atom. The van der Waals surface area contributed by atoms with Crippen LogP contribution in [0.25, 0.3) is 0 Å². The molecule has 0 heterocycles. The quantitative estimate of drug-likeness (QED) is 0.865. The number of hydrogen-bond donors (Lipinski definition) is 2. The number of carboxylic acids is 1. The lowest BCUT2D eigenvalue weighted by molar-refractivity contribution is -0.142. The molecule has 5 heteroatoms. The number of rotatable bonds is 5. The van der Waals surface area contributed by atoms with Crippen molar-refractivity contribution in [2.75, 3.05) is 6.61 Å². The summed E-state index contributed by atoms with van der Waals surface area (Å²) in [5, 5.41) is 19.4. The molecule has 0 aromatic heterocycles. The second-order valence-corrected chi connectivity index (χ2v) is 4.78. The van der Waals surface area contributed by atoms with E-state index < -0.39 is 11.6 Å². The summed E-state index contributed by atoms with van der Waals surface area (Å²) in [5.41, 5.74) is -0.211. The van der Waals surface area contributed by atoms with Crippen molar-refractivity contribution in [1.29, 1.82) is 0 Å². The number of aliphatic carboxylic acids is 1. The Kier molecular flexibility index (Phi) is 4.59. The minimum atomic E-state index is -1.45. The van der Waals surface area contributed by atoms with Gasteiger partial charge in [-0.15, -0.1) is 0 Å². The molecule has 1 unspecified atom stereocenters. The Bertz CT molecular complexity index is 455. The van der Waals surface area contributed by atoms with Crippen LogP contribution in [0.5, 0.6) is 5.75 Å². The summed E-state index contributed by atoms with van der Waals surface area (Å²) in [6, 6.07) is 3.27. The molecule has 100 valence electrons. The highest BCUT2D eigenvalue weighted by molar-refractivity contribution is 6.32. The first-order chi connectivity index (χ1) is 8.27. The van der Waals surface area contributed by atoms with E-state index in [1.165, 1.54) is 6.92 Å². The number of carbonyl (C=O) groups is 1. The van der Waals surface area contributed by atoms with E-state index in [-0.39, 0.29) is 6.42 Å². The van der Waals surface area contributed by atoms with Crippen LogP contribution in [0, 0.1) is 6.92 Å². The molecule has 0 fully saturated rings. The Hall–Kier alpha value is -1.26. The van der Waals surface area contributed by atoms with E-state index in [9.17, 15) is 9.90 Å². The van der Waals surface area contributed by atoms with E-state index in [1.54, 1.807) is 19.1 Å². The molecule has 0 spiro atoms. The third kappa shape index (κ3) is 3.37. The number of benzene rings is 1. The van der Waals surface area contributed by atoms with Crippen molar-refractivity contribution in [1.82, 2.24) is 0 Å². The normalized spacial score (nSPS) is 14.1. The molecule has 2 N–H and O–H groups in total. The van der Waals surface area contributed by atoms with Crippen LogP contribution >= 0.6 is 11.6 Å². The maximum Gasteiger partial charge on any atom is 0.306 e. The molecule has 0 radical (unpaired) electrons. The highest BCUT2D eigenvalue weighted by Crippen LogP contribution is 2.35. The number of halogens is 1. The standard InChI is InChI=1S/C13H17ClO4/c1-4-18-11-5-8(2)9(6-10(11)14)13(3,17)7-12(15)16/h5-6,17H,4,7H2,1-3H3,(H,15,16). The van der Waals surface area contributed by atoms with Crippen LogP contribution in [-0.4, -0.2) is 22.8 Å². The Morgan fingerprint density at radius 3 is 2.61 bits per heavy atom. The van der Waals surface area contributed by atoms with E-state index in [0.29, 0.717) is 22.9 Å². The summed E-state index contributed by atoms with van der Waals surface area (Å²) in [6.07, 6.45) is -0.377. The monoisotopic (exact) mass is 272 g/mol. The SMILES string of the molecule is CCOc1cc(C)c(C(C)(O)CC(=O)O)cc1Cl. The second-order valence-electron chi connectivity index (χ2n) is 4.37. The van der Waals surface area contributed by atoms with E-state index in [0.717, 1.165) is 5.56 Å². The van der Waals surface area contributed by atoms with E-state index in [4.69, 9.17) is 21.4 Å². The van der Waals surface area contributed by atoms with Crippen molar-refractivity contribution in [2.24, 2.45) is 0 Å². The van der Waals surface area contributed by atoms with Gasteiger partial charge in [0.05, 0.1) is 23.7 Å². The molecule has 4 nitrogen and oxygen atoms in total. The summed E-state index contributed by atoms with van der Waals surface area (Å²) < 4.78 is 5.34. The van der Waals surface area contributed by atoms with Crippen LogP contribution in [0.4, 0.5) is 0 Å². The molecular weight excluding hydrogens is 256 g/mol. The molecule has 0 aliphatic heterocycles. The lowest BCUT2D eigenvalue weighted by atomic mass is 9.89. The molecule has 0 saturated carbocycles. The summed E-state index contributed by atoms with van der Waals surface area (Å²) in [7, 11) is 0. The fraction of sp³-hybridized carbons (Fsp3) is 0.462. The molecule has 0 aliphatic carbocycles. The number of aryl methyl sites for hydroxylation is 1. The van der Waals surface area contributed by atoms with Crippen LogP contribution in [0.3, 0.4) is 0 Å². The fourth-order valence-corrected chi connectivity index (χ4v) is 2.11. The smallest absolute Gasteiger partial charge is 0.306 e. The molecule has 1 atom stereocenters. The molecule has 0 saturated heterocycles. The number of ether oxygens (including phenoxy) is 1. The van der Waals surface area contributed by atoms with Crippen LogP contribution in [-0.2, 0) is 10.4 Å². The predicted octanol–water partition coefficient (Wildman–Crippen LogP) is 2.73. The van der Waals surface area contributed by atoms with Crippen molar-refractivity contribution in [3.63, 3.8) is 0 Å². The summed E-state index contributed by atoms with van der Waals surface area (Å²) in [5.74, 6) is -0.532. The van der Waals surface area contributed by atoms with Gasteiger partial charge >= 0.3 is 5.97 Å². The average molecular weight is 273 g/mol. The van der Waals surface area contributed by atoms with Gasteiger partial charge in [-0.2, -0.15) is 0 Å². The summed E-state index contributed by atoms with van der Waals surface area (Å²) in [4.78, 5) is 10.7. The van der Waals surface area contributed by atoms with Crippen molar-refractivity contribution >= 4 is 17.6 Å². The molecule has 1 aromatic rings. The molecule has 0 aliphatic rings. The number of aliphatic hydroxyl groups is 1. The van der Waals surface area contributed by atoms with Crippen molar-refractivity contribution in [3.8, 4) is 5.75 Å². The van der Waals surface area contributed by atoms with Gasteiger partial charge in [0.2, 0.25) is 0 Å². The van der Waals surface area contributed by atoms with Gasteiger partial charge in [0.1, 0.15) is 5.75 Å². The minimum absolute atomic E-state index is 0.364. The average Bonchev–Trinajstić information content (AvgIpc) is 2.21. The summed E-state index contributed by atoms with van der Waals surface area (Å²) >= 11 is 6.04. The summed E-state index contributed by atoms with van der Waals surface area (Å²) in [6.45, 7) is 5.58. The highest BCUT2D eigenvalue weighted by Gasteiger charge is 2.29. The Balaban J connectivity index is 3.18. The number of carboxylic acid groups (broad SMARTS) is 1. The van der Waals surface area contributed by atoms with Crippen LogP contribution in [0.2, 0.25) is 5.02 Å². The van der Waals surface area contributed by atoms with Gasteiger partial charge in [-0.1, -0.05) is 11.6 Å². The maximum atomic E-state index is 10.7. The van der Waals surface area contributed by atoms with Crippen molar-refractivity contribution in [3.05, 3.63) is 28.3 Å². The lowest BCUT2D eigenvalue weighted by Crippen LogP contribution is -2.26. The van der Waals surface area contributed by atoms with Gasteiger partial charge in [0.15, 0.2) is 0 Å². The Labute approximate surface area is 111 Å². The number of hydrogen-bond acceptors (Lipinski definition) is 3. The van der Waals surface area contributed by atoms with Crippen LogP contribution < -0.4 is 4.74 Å². The van der Waals surface area contributed by atoms with E-state index in [1.807, 2.05) is 6.92 Å². The van der Waals surface area contributed by atoms with Crippen LogP contribution in [0.15, 0.2) is 12.1 Å². The van der Waals surface area contributed by atoms with Crippen molar-refractivity contribution in [2.45, 2.75) is 32.8 Å². The zero-order chi connectivity index (χ0) is 13.9. The third-order valence-electron chi connectivity index (χ3n) is 2.65. The minimum Gasteiger partial charge on any atom is -0.492 e. The van der Waals surface area contributed by atoms with Gasteiger partial charge in [-0.3, -0.25) is 4.79 Å². The second kappa shape index (κ2) is 5.59. The van der Waals surface area contributed by atoms with Gasteiger partial charge < -0.3 is 14.9 Å².